The Morgan fingerprint density at radius 3 is 2.48 bits per heavy atom. The maximum absolute atomic E-state index is 12.7. The molecule has 112 valence electrons. The molecule has 2 aromatic rings. The summed E-state index contributed by atoms with van der Waals surface area (Å²) < 4.78 is 27.2. The van der Waals surface area contributed by atoms with Gasteiger partial charge in [-0.25, -0.2) is 8.42 Å². The minimum atomic E-state index is -3.62. The summed E-state index contributed by atoms with van der Waals surface area (Å²) in [4.78, 5) is 0.223. The van der Waals surface area contributed by atoms with Gasteiger partial charge in [0.1, 0.15) is 4.90 Å². The van der Waals surface area contributed by atoms with Crippen LogP contribution in [0.1, 0.15) is 11.1 Å². The van der Waals surface area contributed by atoms with E-state index in [1.54, 1.807) is 31.3 Å². The molecule has 0 aliphatic carbocycles. The number of hydrogen-bond donors (Lipinski definition) is 0. The highest BCUT2D eigenvalue weighted by atomic mass is 79.9. The van der Waals surface area contributed by atoms with Crippen molar-refractivity contribution < 1.29 is 8.42 Å². The molecular formula is C15H15BrClNO2S. The Balaban J connectivity index is 2.47. The van der Waals surface area contributed by atoms with E-state index in [1.807, 2.05) is 25.1 Å². The van der Waals surface area contributed by atoms with Crippen LogP contribution in [0.3, 0.4) is 0 Å². The minimum Gasteiger partial charge on any atom is -0.269 e. The zero-order valence-corrected chi connectivity index (χ0v) is 14.8. The van der Waals surface area contributed by atoms with Crippen molar-refractivity contribution in [2.75, 3.05) is 11.4 Å². The lowest BCUT2D eigenvalue weighted by Crippen LogP contribution is -2.26. The standard InChI is InChI=1S/C15H15BrClNO2S/c1-11-4-3-5-13(8-11)18(2)21(19,20)15-7-6-12(10-17)9-14(15)16/h3-9H,10H2,1-2H3. The number of hydrogen-bond acceptors (Lipinski definition) is 2. The molecule has 0 fully saturated rings. The van der Waals surface area contributed by atoms with E-state index in [4.69, 9.17) is 11.6 Å². The maximum Gasteiger partial charge on any atom is 0.265 e. The van der Waals surface area contributed by atoms with Crippen LogP contribution in [0.25, 0.3) is 0 Å². The van der Waals surface area contributed by atoms with E-state index in [2.05, 4.69) is 15.9 Å². The van der Waals surface area contributed by atoms with Gasteiger partial charge in [-0.15, -0.1) is 11.6 Å². The Bertz CT molecular complexity index is 762. The van der Waals surface area contributed by atoms with Gasteiger partial charge in [0.25, 0.3) is 10.0 Å². The van der Waals surface area contributed by atoms with Gasteiger partial charge in [0.2, 0.25) is 0 Å². The average molecular weight is 389 g/mol. The van der Waals surface area contributed by atoms with E-state index in [-0.39, 0.29) is 4.90 Å². The lowest BCUT2D eigenvalue weighted by molar-refractivity contribution is 0.594. The molecule has 0 aliphatic heterocycles. The summed E-state index contributed by atoms with van der Waals surface area (Å²) in [6.07, 6.45) is 0. The number of sulfonamides is 1. The quantitative estimate of drug-likeness (QED) is 0.731. The molecule has 0 spiro atoms. The Labute approximate surface area is 138 Å². The fourth-order valence-corrected chi connectivity index (χ4v) is 4.38. The molecule has 0 atom stereocenters. The Kier molecular flexibility index (Phi) is 4.96. The number of nitrogens with zero attached hydrogens (tertiary/aromatic N) is 1. The molecule has 0 amide bonds. The third-order valence-electron chi connectivity index (χ3n) is 3.15. The molecule has 2 aromatic carbocycles. The van der Waals surface area contributed by atoms with Crippen LogP contribution in [0, 0.1) is 6.92 Å². The molecule has 2 rings (SSSR count). The predicted octanol–water partition coefficient (Wildman–Crippen LogP) is 4.32. The van der Waals surface area contributed by atoms with Crippen molar-refractivity contribution in [2.45, 2.75) is 17.7 Å². The predicted molar refractivity (Wildman–Crippen MR) is 90.5 cm³/mol. The molecule has 0 saturated heterocycles. The molecule has 0 N–H and O–H groups in total. The summed E-state index contributed by atoms with van der Waals surface area (Å²) in [5.74, 6) is 0.340. The van der Waals surface area contributed by atoms with Gasteiger partial charge in [-0.05, 0) is 58.2 Å². The van der Waals surface area contributed by atoms with Crippen LogP contribution in [0.4, 0.5) is 5.69 Å². The van der Waals surface area contributed by atoms with Crippen molar-refractivity contribution in [3.05, 3.63) is 58.1 Å². The van der Waals surface area contributed by atoms with E-state index >= 15 is 0 Å². The third kappa shape index (κ3) is 3.42. The Hall–Kier alpha value is -1.04. The van der Waals surface area contributed by atoms with E-state index in [1.165, 1.54) is 4.31 Å². The van der Waals surface area contributed by atoms with Gasteiger partial charge in [-0.1, -0.05) is 18.2 Å². The van der Waals surface area contributed by atoms with Gasteiger partial charge in [0.05, 0.1) is 5.69 Å². The number of halogens is 2. The van der Waals surface area contributed by atoms with Crippen LogP contribution in [0.2, 0.25) is 0 Å². The lowest BCUT2D eigenvalue weighted by atomic mass is 10.2. The van der Waals surface area contributed by atoms with Gasteiger partial charge in [-0.3, -0.25) is 4.31 Å². The zero-order chi connectivity index (χ0) is 15.6. The highest BCUT2D eigenvalue weighted by Crippen LogP contribution is 2.29. The molecule has 21 heavy (non-hydrogen) atoms. The summed E-state index contributed by atoms with van der Waals surface area (Å²) in [6, 6.07) is 12.4. The molecule has 0 radical (unpaired) electrons. The van der Waals surface area contributed by atoms with E-state index in [9.17, 15) is 8.42 Å². The second-order valence-electron chi connectivity index (χ2n) is 4.71. The number of alkyl halides is 1. The SMILES string of the molecule is Cc1cccc(N(C)S(=O)(=O)c2ccc(CCl)cc2Br)c1. The summed E-state index contributed by atoms with van der Waals surface area (Å²) in [5, 5.41) is 0. The summed E-state index contributed by atoms with van der Waals surface area (Å²) in [7, 11) is -2.07. The van der Waals surface area contributed by atoms with Crippen LogP contribution in [0.15, 0.2) is 51.8 Å². The third-order valence-corrected chi connectivity index (χ3v) is 6.23. The second-order valence-corrected chi connectivity index (χ2v) is 7.77. The fraction of sp³-hybridized carbons (Fsp3) is 0.200. The van der Waals surface area contributed by atoms with E-state index in [0.29, 0.717) is 16.0 Å². The topological polar surface area (TPSA) is 37.4 Å². The van der Waals surface area contributed by atoms with Crippen LogP contribution in [0.5, 0.6) is 0 Å². The average Bonchev–Trinajstić information content (AvgIpc) is 2.45. The zero-order valence-electron chi connectivity index (χ0n) is 11.7. The normalized spacial score (nSPS) is 11.4. The Morgan fingerprint density at radius 2 is 1.90 bits per heavy atom. The van der Waals surface area contributed by atoms with Crippen molar-refractivity contribution >= 4 is 43.2 Å². The van der Waals surface area contributed by atoms with Gasteiger partial charge in [0, 0.05) is 17.4 Å². The molecule has 0 bridgehead atoms. The van der Waals surface area contributed by atoms with Crippen molar-refractivity contribution in [3.63, 3.8) is 0 Å². The fourth-order valence-electron chi connectivity index (χ4n) is 1.95. The van der Waals surface area contributed by atoms with Crippen molar-refractivity contribution in [2.24, 2.45) is 0 Å². The Morgan fingerprint density at radius 1 is 1.19 bits per heavy atom. The number of benzene rings is 2. The molecule has 3 nitrogen and oxygen atoms in total. The summed E-state index contributed by atoms with van der Waals surface area (Å²) in [5.41, 5.74) is 2.50. The molecule has 0 unspecified atom stereocenters. The highest BCUT2D eigenvalue weighted by Gasteiger charge is 2.24. The van der Waals surface area contributed by atoms with Gasteiger partial charge in [0.15, 0.2) is 0 Å². The molecule has 0 heterocycles. The van der Waals surface area contributed by atoms with Gasteiger partial charge < -0.3 is 0 Å². The molecular weight excluding hydrogens is 374 g/mol. The van der Waals surface area contributed by atoms with Gasteiger partial charge >= 0.3 is 0 Å². The highest BCUT2D eigenvalue weighted by molar-refractivity contribution is 9.10. The second kappa shape index (κ2) is 6.38. The first kappa shape index (κ1) is 16.3. The van der Waals surface area contributed by atoms with Crippen LogP contribution >= 0.6 is 27.5 Å². The lowest BCUT2D eigenvalue weighted by Gasteiger charge is -2.21. The first-order valence-electron chi connectivity index (χ1n) is 6.26. The van der Waals surface area contributed by atoms with Gasteiger partial charge in [-0.2, -0.15) is 0 Å². The minimum absolute atomic E-state index is 0.223. The number of rotatable bonds is 4. The monoisotopic (exact) mass is 387 g/mol. The number of anilines is 1. The molecule has 0 saturated carbocycles. The van der Waals surface area contributed by atoms with E-state index in [0.717, 1.165) is 11.1 Å². The first-order valence-corrected chi connectivity index (χ1v) is 9.03. The maximum atomic E-state index is 12.7. The molecule has 6 heteroatoms. The summed E-state index contributed by atoms with van der Waals surface area (Å²) in [6.45, 7) is 1.93. The number of aryl methyl sites for hydroxylation is 1. The van der Waals surface area contributed by atoms with Crippen LogP contribution < -0.4 is 4.31 Å². The summed E-state index contributed by atoms with van der Waals surface area (Å²) >= 11 is 9.08. The van der Waals surface area contributed by atoms with E-state index < -0.39 is 10.0 Å². The van der Waals surface area contributed by atoms with Crippen LogP contribution in [-0.2, 0) is 15.9 Å². The van der Waals surface area contributed by atoms with Crippen LogP contribution in [-0.4, -0.2) is 15.5 Å². The molecule has 0 aliphatic rings. The van der Waals surface area contributed by atoms with Crippen molar-refractivity contribution in [1.29, 1.82) is 0 Å². The van der Waals surface area contributed by atoms with Crippen molar-refractivity contribution in [1.82, 2.24) is 0 Å². The molecule has 0 aromatic heterocycles. The largest absolute Gasteiger partial charge is 0.269 e. The van der Waals surface area contributed by atoms with Crippen molar-refractivity contribution in [3.8, 4) is 0 Å². The smallest absolute Gasteiger partial charge is 0.265 e. The first-order chi connectivity index (χ1) is 9.86.